The summed E-state index contributed by atoms with van der Waals surface area (Å²) in [6.07, 6.45) is 1.65. The van der Waals surface area contributed by atoms with E-state index in [0.29, 0.717) is 17.9 Å². The Kier molecular flexibility index (Phi) is 3.63. The van der Waals surface area contributed by atoms with E-state index >= 15 is 0 Å². The van der Waals surface area contributed by atoms with E-state index in [1.165, 1.54) is 10.5 Å². The topological polar surface area (TPSA) is 37.6 Å². The van der Waals surface area contributed by atoms with E-state index in [-0.39, 0.29) is 11.6 Å². The van der Waals surface area contributed by atoms with E-state index in [2.05, 4.69) is 4.98 Å². The number of aryl methyl sites for hydroxylation is 1. The lowest BCUT2D eigenvalue weighted by Gasteiger charge is -2.17. The van der Waals surface area contributed by atoms with Crippen molar-refractivity contribution in [3.05, 3.63) is 71.4 Å². The van der Waals surface area contributed by atoms with Gasteiger partial charge in [0, 0.05) is 19.8 Å². The number of aromatic nitrogens is 2. The van der Waals surface area contributed by atoms with Crippen molar-refractivity contribution in [3.63, 3.8) is 0 Å². The van der Waals surface area contributed by atoms with Gasteiger partial charge in [-0.05, 0) is 24.6 Å². The van der Waals surface area contributed by atoms with Crippen LogP contribution >= 0.6 is 0 Å². The Morgan fingerprint density at radius 1 is 1.23 bits per heavy atom. The third-order valence-corrected chi connectivity index (χ3v) is 3.59. The zero-order valence-corrected chi connectivity index (χ0v) is 12.5. The standard InChI is InChI=1S/C17H16FN3O/c1-12-15(21-10-6-9-14(18)16(21)19-12)17(22)20(2)11-13-7-4-3-5-8-13/h3-10H,11H2,1-2H3. The molecule has 22 heavy (non-hydrogen) atoms. The fraction of sp³-hybridized carbons (Fsp3) is 0.176. The number of carbonyl (C=O) groups is 1. The van der Waals surface area contributed by atoms with E-state index in [4.69, 9.17) is 0 Å². The van der Waals surface area contributed by atoms with Crippen LogP contribution in [0.1, 0.15) is 21.7 Å². The second-order valence-corrected chi connectivity index (χ2v) is 5.24. The number of carbonyl (C=O) groups excluding carboxylic acids is 1. The molecule has 2 aromatic heterocycles. The molecule has 0 bridgehead atoms. The number of hydrogen-bond donors (Lipinski definition) is 0. The zero-order valence-electron chi connectivity index (χ0n) is 12.5. The first-order valence-corrected chi connectivity index (χ1v) is 7.00. The molecule has 2 heterocycles. The van der Waals surface area contributed by atoms with Gasteiger partial charge in [0.2, 0.25) is 0 Å². The molecular weight excluding hydrogens is 281 g/mol. The van der Waals surface area contributed by atoms with Crippen molar-refractivity contribution in [2.24, 2.45) is 0 Å². The molecule has 0 unspecified atom stereocenters. The van der Waals surface area contributed by atoms with E-state index in [1.807, 2.05) is 30.3 Å². The number of nitrogens with zero attached hydrogens (tertiary/aromatic N) is 3. The van der Waals surface area contributed by atoms with Crippen LogP contribution in [-0.2, 0) is 6.54 Å². The summed E-state index contributed by atoms with van der Waals surface area (Å²) in [5, 5.41) is 0. The number of halogens is 1. The molecule has 5 heteroatoms. The van der Waals surface area contributed by atoms with Gasteiger partial charge in [0.15, 0.2) is 11.5 Å². The summed E-state index contributed by atoms with van der Waals surface area (Å²) in [4.78, 5) is 18.5. The third kappa shape index (κ3) is 2.45. The van der Waals surface area contributed by atoms with Gasteiger partial charge in [-0.1, -0.05) is 30.3 Å². The van der Waals surface area contributed by atoms with Crippen molar-refractivity contribution in [3.8, 4) is 0 Å². The molecule has 0 aliphatic rings. The van der Waals surface area contributed by atoms with Gasteiger partial charge in [0.1, 0.15) is 5.69 Å². The lowest BCUT2D eigenvalue weighted by atomic mass is 10.2. The molecule has 1 aromatic carbocycles. The van der Waals surface area contributed by atoms with Crippen LogP contribution in [0.4, 0.5) is 4.39 Å². The molecule has 0 spiro atoms. The van der Waals surface area contributed by atoms with Gasteiger partial charge in [-0.15, -0.1) is 0 Å². The average molecular weight is 297 g/mol. The Balaban J connectivity index is 1.95. The summed E-state index contributed by atoms with van der Waals surface area (Å²) in [5.74, 6) is -0.616. The fourth-order valence-corrected chi connectivity index (χ4v) is 2.52. The summed E-state index contributed by atoms with van der Waals surface area (Å²) < 4.78 is 15.3. The smallest absolute Gasteiger partial charge is 0.272 e. The predicted molar refractivity (Wildman–Crippen MR) is 82.1 cm³/mol. The van der Waals surface area contributed by atoms with Crippen LogP contribution in [0, 0.1) is 12.7 Å². The first-order chi connectivity index (χ1) is 10.6. The molecule has 3 rings (SSSR count). The zero-order chi connectivity index (χ0) is 15.7. The minimum Gasteiger partial charge on any atom is -0.336 e. The maximum atomic E-state index is 13.8. The molecule has 0 radical (unpaired) electrons. The number of rotatable bonds is 3. The van der Waals surface area contributed by atoms with E-state index in [1.54, 1.807) is 31.1 Å². The monoisotopic (exact) mass is 297 g/mol. The Labute approximate surface area is 127 Å². The van der Waals surface area contributed by atoms with Crippen molar-refractivity contribution in [1.82, 2.24) is 14.3 Å². The molecule has 0 aliphatic carbocycles. The Morgan fingerprint density at radius 3 is 2.68 bits per heavy atom. The van der Waals surface area contributed by atoms with Gasteiger partial charge in [-0.3, -0.25) is 9.20 Å². The molecule has 0 saturated carbocycles. The molecule has 3 aromatic rings. The molecule has 0 saturated heterocycles. The molecule has 112 valence electrons. The third-order valence-electron chi connectivity index (χ3n) is 3.59. The highest BCUT2D eigenvalue weighted by Crippen LogP contribution is 2.17. The van der Waals surface area contributed by atoms with E-state index in [9.17, 15) is 9.18 Å². The first kappa shape index (κ1) is 14.3. The maximum absolute atomic E-state index is 13.8. The van der Waals surface area contributed by atoms with Gasteiger partial charge >= 0.3 is 0 Å². The van der Waals surface area contributed by atoms with Gasteiger partial charge < -0.3 is 4.90 Å². The number of amides is 1. The fourth-order valence-electron chi connectivity index (χ4n) is 2.52. The quantitative estimate of drug-likeness (QED) is 0.745. The van der Waals surface area contributed by atoms with Crippen LogP contribution in [0.5, 0.6) is 0 Å². The molecule has 0 fully saturated rings. The minimum absolute atomic E-state index is 0.177. The molecule has 1 amide bonds. The molecule has 0 aliphatic heterocycles. The van der Waals surface area contributed by atoms with Crippen LogP contribution in [0.3, 0.4) is 0 Å². The second-order valence-electron chi connectivity index (χ2n) is 5.24. The van der Waals surface area contributed by atoms with Crippen molar-refractivity contribution in [1.29, 1.82) is 0 Å². The van der Waals surface area contributed by atoms with E-state index < -0.39 is 5.82 Å². The highest BCUT2D eigenvalue weighted by atomic mass is 19.1. The van der Waals surface area contributed by atoms with Gasteiger partial charge in [0.05, 0.1) is 5.69 Å². The average Bonchev–Trinajstić information content (AvgIpc) is 2.85. The number of benzene rings is 1. The second kappa shape index (κ2) is 5.60. The SMILES string of the molecule is Cc1nc2c(F)cccn2c1C(=O)N(C)Cc1ccccc1. The lowest BCUT2D eigenvalue weighted by Crippen LogP contribution is -2.28. The Bertz CT molecular complexity index is 827. The summed E-state index contributed by atoms with van der Waals surface area (Å²) >= 11 is 0. The summed E-state index contributed by atoms with van der Waals surface area (Å²) in [7, 11) is 1.73. The number of fused-ring (bicyclic) bond motifs is 1. The van der Waals surface area contributed by atoms with Gasteiger partial charge in [-0.2, -0.15) is 0 Å². The molecule has 0 atom stereocenters. The summed E-state index contributed by atoms with van der Waals surface area (Å²) in [6.45, 7) is 2.21. The lowest BCUT2D eigenvalue weighted by molar-refractivity contribution is 0.0777. The largest absolute Gasteiger partial charge is 0.336 e. The Hall–Kier alpha value is -2.69. The van der Waals surface area contributed by atoms with Crippen LogP contribution in [0.2, 0.25) is 0 Å². The van der Waals surface area contributed by atoms with E-state index in [0.717, 1.165) is 5.56 Å². The molecule has 0 N–H and O–H groups in total. The highest BCUT2D eigenvalue weighted by molar-refractivity contribution is 5.94. The Morgan fingerprint density at radius 2 is 1.95 bits per heavy atom. The van der Waals surface area contributed by atoms with Crippen molar-refractivity contribution < 1.29 is 9.18 Å². The van der Waals surface area contributed by atoms with Crippen LogP contribution in [-0.4, -0.2) is 27.2 Å². The molecule has 4 nitrogen and oxygen atoms in total. The van der Waals surface area contributed by atoms with Gasteiger partial charge in [-0.25, -0.2) is 9.37 Å². The maximum Gasteiger partial charge on any atom is 0.272 e. The van der Waals surface area contributed by atoms with Crippen LogP contribution in [0.15, 0.2) is 48.7 Å². The molecular formula is C17H16FN3O. The number of imidazole rings is 1. The minimum atomic E-state index is -0.435. The number of pyridine rings is 1. The summed E-state index contributed by atoms with van der Waals surface area (Å²) in [6, 6.07) is 12.6. The highest BCUT2D eigenvalue weighted by Gasteiger charge is 2.21. The normalized spacial score (nSPS) is 10.9. The predicted octanol–water partition coefficient (Wildman–Crippen LogP) is 3.05. The van der Waals surface area contributed by atoms with Crippen molar-refractivity contribution >= 4 is 11.6 Å². The number of hydrogen-bond acceptors (Lipinski definition) is 2. The van der Waals surface area contributed by atoms with Crippen LogP contribution < -0.4 is 0 Å². The van der Waals surface area contributed by atoms with Crippen molar-refractivity contribution in [2.75, 3.05) is 7.05 Å². The van der Waals surface area contributed by atoms with Crippen LogP contribution in [0.25, 0.3) is 5.65 Å². The van der Waals surface area contributed by atoms with Crippen molar-refractivity contribution in [2.45, 2.75) is 13.5 Å². The summed E-state index contributed by atoms with van der Waals surface area (Å²) in [5.41, 5.74) is 2.13. The van der Waals surface area contributed by atoms with Gasteiger partial charge in [0.25, 0.3) is 5.91 Å². The first-order valence-electron chi connectivity index (χ1n) is 7.00.